The molecule has 178 valence electrons. The molecule has 0 bridgehead atoms. The number of carbonyl (C=O) groups is 1. The number of rotatable bonds is 8. The van der Waals surface area contributed by atoms with Crippen molar-refractivity contribution in [2.24, 2.45) is 0 Å². The van der Waals surface area contributed by atoms with Crippen LogP contribution in [0.4, 0.5) is 17.1 Å². The molecule has 2 aliphatic rings. The number of sulfonamides is 1. The van der Waals surface area contributed by atoms with Crippen molar-refractivity contribution in [1.82, 2.24) is 4.90 Å². The second-order valence-corrected chi connectivity index (χ2v) is 10.3. The number of nitrogens with one attached hydrogen (secondary N) is 2. The van der Waals surface area contributed by atoms with E-state index in [4.69, 9.17) is 4.74 Å². The topological polar surface area (TPSA) is 91.0 Å². The average molecular weight is 473 g/mol. The molecule has 33 heavy (non-hydrogen) atoms. The summed E-state index contributed by atoms with van der Waals surface area (Å²) in [5, 5.41) is 2.77. The van der Waals surface area contributed by atoms with Gasteiger partial charge in [0.05, 0.1) is 13.2 Å². The van der Waals surface area contributed by atoms with Gasteiger partial charge in [-0.15, -0.1) is 0 Å². The molecular formula is C24H32N4O4S. The first-order chi connectivity index (χ1) is 16.0. The molecule has 2 aromatic carbocycles. The van der Waals surface area contributed by atoms with Crippen LogP contribution in [0, 0.1) is 0 Å². The van der Waals surface area contributed by atoms with Gasteiger partial charge in [-0.25, -0.2) is 8.42 Å². The first-order valence-electron chi connectivity index (χ1n) is 11.5. The van der Waals surface area contributed by atoms with Gasteiger partial charge in [-0.1, -0.05) is 18.2 Å². The number of amides is 1. The average Bonchev–Trinajstić information content (AvgIpc) is 2.81. The summed E-state index contributed by atoms with van der Waals surface area (Å²) in [6, 6.07) is 14.8. The predicted molar refractivity (Wildman–Crippen MR) is 131 cm³/mol. The summed E-state index contributed by atoms with van der Waals surface area (Å²) in [7, 11) is -3.83. The van der Waals surface area contributed by atoms with Gasteiger partial charge in [-0.2, -0.15) is 0 Å². The molecule has 0 radical (unpaired) electrons. The highest BCUT2D eigenvalue weighted by molar-refractivity contribution is 7.93. The molecule has 8 nitrogen and oxygen atoms in total. The Morgan fingerprint density at radius 1 is 0.909 bits per heavy atom. The van der Waals surface area contributed by atoms with Crippen molar-refractivity contribution in [3.63, 3.8) is 0 Å². The van der Waals surface area contributed by atoms with Crippen LogP contribution >= 0.6 is 0 Å². The van der Waals surface area contributed by atoms with E-state index >= 15 is 0 Å². The molecule has 0 atom stereocenters. The third-order valence-electron chi connectivity index (χ3n) is 5.97. The standard InChI is InChI=1S/C24H32N4O4S/c29-24(25-23-7-3-2-6-20(23)18-27-14-16-32-17-15-27)19-33(30,31)26-21-8-10-22(11-9-21)28-12-4-1-5-13-28/h2-3,6-11,26H,1,4-5,12-19H2,(H,25,29). The molecule has 2 heterocycles. The molecule has 0 spiro atoms. The molecule has 0 unspecified atom stereocenters. The van der Waals surface area contributed by atoms with Gasteiger partial charge in [0.2, 0.25) is 15.9 Å². The van der Waals surface area contributed by atoms with Crippen molar-refractivity contribution < 1.29 is 17.9 Å². The highest BCUT2D eigenvalue weighted by Crippen LogP contribution is 2.22. The number of morpholine rings is 1. The summed E-state index contributed by atoms with van der Waals surface area (Å²) in [5.41, 5.74) is 3.13. The minimum absolute atomic E-state index is 0.455. The number of carbonyl (C=O) groups excluding carboxylic acids is 1. The monoisotopic (exact) mass is 472 g/mol. The number of anilines is 3. The Kier molecular flexibility index (Phi) is 7.85. The molecule has 9 heteroatoms. The fourth-order valence-corrected chi connectivity index (χ4v) is 5.23. The van der Waals surface area contributed by atoms with Crippen molar-refractivity contribution >= 4 is 33.0 Å². The van der Waals surface area contributed by atoms with Gasteiger partial charge in [0.1, 0.15) is 5.75 Å². The zero-order valence-corrected chi connectivity index (χ0v) is 19.6. The fraction of sp³-hybridized carbons (Fsp3) is 0.458. The summed E-state index contributed by atoms with van der Waals surface area (Å²) in [5.74, 6) is -1.21. The Bertz CT molecular complexity index is 1030. The molecule has 1 amide bonds. The van der Waals surface area contributed by atoms with Gasteiger partial charge in [0, 0.05) is 49.8 Å². The Hall–Kier alpha value is -2.62. The van der Waals surface area contributed by atoms with E-state index in [0.29, 0.717) is 31.1 Å². The zero-order chi connectivity index (χ0) is 23.1. The summed E-state index contributed by atoms with van der Waals surface area (Å²) < 4.78 is 33.1. The van der Waals surface area contributed by atoms with E-state index < -0.39 is 21.7 Å². The van der Waals surface area contributed by atoms with Crippen LogP contribution in [-0.2, 0) is 26.1 Å². The van der Waals surface area contributed by atoms with Crippen molar-refractivity contribution in [2.45, 2.75) is 25.8 Å². The lowest BCUT2D eigenvalue weighted by Crippen LogP contribution is -2.36. The van der Waals surface area contributed by atoms with Crippen LogP contribution in [0.15, 0.2) is 48.5 Å². The van der Waals surface area contributed by atoms with Crippen molar-refractivity contribution in [3.05, 3.63) is 54.1 Å². The number of ether oxygens (including phenoxy) is 1. The lowest BCUT2D eigenvalue weighted by Gasteiger charge is -2.28. The number of benzene rings is 2. The van der Waals surface area contributed by atoms with Gasteiger partial charge in [0.15, 0.2) is 0 Å². The molecule has 2 aliphatic heterocycles. The van der Waals surface area contributed by atoms with Crippen molar-refractivity contribution in [2.75, 3.05) is 60.1 Å². The highest BCUT2D eigenvalue weighted by Gasteiger charge is 2.19. The summed E-state index contributed by atoms with van der Waals surface area (Å²) in [4.78, 5) is 17.1. The first kappa shape index (κ1) is 23.5. The third kappa shape index (κ3) is 6.93. The maximum atomic E-state index is 12.6. The Morgan fingerprint density at radius 3 is 2.33 bits per heavy atom. The van der Waals surface area contributed by atoms with Crippen LogP contribution in [0.5, 0.6) is 0 Å². The van der Waals surface area contributed by atoms with Crippen LogP contribution in [-0.4, -0.2) is 64.4 Å². The van der Waals surface area contributed by atoms with Crippen LogP contribution in [0.3, 0.4) is 0 Å². The number of piperidine rings is 1. The van der Waals surface area contributed by atoms with Gasteiger partial charge in [-0.3, -0.25) is 14.4 Å². The molecule has 2 saturated heterocycles. The molecule has 2 aromatic rings. The Labute approximate surface area is 196 Å². The van der Waals surface area contributed by atoms with Crippen LogP contribution < -0.4 is 14.9 Å². The maximum Gasteiger partial charge on any atom is 0.241 e. The van der Waals surface area contributed by atoms with Gasteiger partial charge >= 0.3 is 0 Å². The minimum atomic E-state index is -3.83. The van der Waals surface area contributed by atoms with Gasteiger partial charge in [0.25, 0.3) is 0 Å². The molecule has 2 fully saturated rings. The van der Waals surface area contributed by atoms with E-state index in [9.17, 15) is 13.2 Å². The van der Waals surface area contributed by atoms with E-state index in [1.54, 1.807) is 18.2 Å². The molecular weight excluding hydrogens is 440 g/mol. The van der Waals surface area contributed by atoms with Crippen LogP contribution in [0.1, 0.15) is 24.8 Å². The predicted octanol–water partition coefficient (Wildman–Crippen LogP) is 2.89. The summed E-state index contributed by atoms with van der Waals surface area (Å²) >= 11 is 0. The quantitative estimate of drug-likeness (QED) is 0.614. The SMILES string of the molecule is O=C(CS(=O)(=O)Nc1ccc(N2CCCCC2)cc1)Nc1ccccc1CN1CCOCC1. The largest absolute Gasteiger partial charge is 0.379 e. The number of hydrogen-bond acceptors (Lipinski definition) is 6. The molecule has 4 rings (SSSR count). The number of nitrogens with zero attached hydrogens (tertiary/aromatic N) is 2. The van der Waals surface area contributed by atoms with Crippen LogP contribution in [0.25, 0.3) is 0 Å². The number of hydrogen-bond donors (Lipinski definition) is 2. The lowest BCUT2D eigenvalue weighted by molar-refractivity contribution is -0.113. The van der Waals surface area contributed by atoms with E-state index in [1.165, 1.54) is 19.3 Å². The second kappa shape index (κ2) is 11.0. The minimum Gasteiger partial charge on any atom is -0.379 e. The molecule has 0 aromatic heterocycles. The summed E-state index contributed by atoms with van der Waals surface area (Å²) in [6.45, 7) is 5.77. The van der Waals surface area contributed by atoms with Crippen molar-refractivity contribution in [3.8, 4) is 0 Å². The van der Waals surface area contributed by atoms with E-state index in [2.05, 4.69) is 19.8 Å². The smallest absolute Gasteiger partial charge is 0.241 e. The Morgan fingerprint density at radius 2 is 1.61 bits per heavy atom. The zero-order valence-electron chi connectivity index (χ0n) is 18.8. The van der Waals surface area contributed by atoms with Gasteiger partial charge < -0.3 is 15.0 Å². The molecule has 0 saturated carbocycles. The lowest BCUT2D eigenvalue weighted by atomic mass is 10.1. The fourth-order valence-electron chi connectivity index (χ4n) is 4.25. The highest BCUT2D eigenvalue weighted by atomic mass is 32.2. The van der Waals surface area contributed by atoms with Gasteiger partial charge in [-0.05, 0) is 55.2 Å². The maximum absolute atomic E-state index is 12.6. The Balaban J connectivity index is 1.33. The van der Waals surface area contributed by atoms with E-state index in [1.807, 2.05) is 30.3 Å². The normalized spacial score (nSPS) is 17.5. The van der Waals surface area contributed by atoms with E-state index in [0.717, 1.165) is 37.4 Å². The first-order valence-corrected chi connectivity index (χ1v) is 13.2. The molecule has 0 aliphatic carbocycles. The summed E-state index contributed by atoms with van der Waals surface area (Å²) in [6.07, 6.45) is 3.62. The molecule has 2 N–H and O–H groups in total. The second-order valence-electron chi connectivity index (χ2n) is 8.55. The third-order valence-corrected chi connectivity index (χ3v) is 7.16. The van der Waals surface area contributed by atoms with Crippen LogP contribution in [0.2, 0.25) is 0 Å². The van der Waals surface area contributed by atoms with Crippen molar-refractivity contribution in [1.29, 1.82) is 0 Å². The van der Waals surface area contributed by atoms with E-state index in [-0.39, 0.29) is 0 Å². The number of para-hydroxylation sites is 1.